The number of nitrogens with one attached hydrogen (secondary N) is 1. The Kier molecular flexibility index (Phi) is 3.69. The molecule has 0 aliphatic heterocycles. The van der Waals surface area contributed by atoms with Gasteiger partial charge in [-0.25, -0.2) is 0 Å². The lowest BCUT2D eigenvalue weighted by Crippen LogP contribution is -2.29. The highest BCUT2D eigenvalue weighted by atomic mass is 16.2. The average Bonchev–Trinajstić information content (AvgIpc) is 2.85. The lowest BCUT2D eigenvalue weighted by Gasteiger charge is -2.18. The minimum atomic E-state index is -0.118. The van der Waals surface area contributed by atoms with Crippen LogP contribution in [0.25, 0.3) is 10.9 Å². The summed E-state index contributed by atoms with van der Waals surface area (Å²) in [7, 11) is 0. The lowest BCUT2D eigenvalue weighted by molar-refractivity contribution is -0.125. The van der Waals surface area contributed by atoms with E-state index in [0.717, 1.165) is 16.5 Å². The number of nitrogens with zero attached hydrogens (tertiary/aromatic N) is 1. The summed E-state index contributed by atoms with van der Waals surface area (Å²) in [5.41, 5.74) is 2.24. The molecule has 0 fully saturated rings. The number of benzene rings is 1. The van der Waals surface area contributed by atoms with E-state index in [1.807, 2.05) is 37.4 Å². The van der Waals surface area contributed by atoms with E-state index in [4.69, 9.17) is 0 Å². The molecule has 1 aromatic carbocycles. The number of carbonyl (C=O) groups is 1. The van der Waals surface area contributed by atoms with Crippen LogP contribution in [-0.4, -0.2) is 22.3 Å². The number of carbonyl (C=O) groups excluding carboxylic acids is 1. The summed E-state index contributed by atoms with van der Waals surface area (Å²) in [5.74, 6) is 5.12. The molecule has 0 saturated carbocycles. The van der Waals surface area contributed by atoms with Crippen molar-refractivity contribution in [1.29, 1.82) is 0 Å². The van der Waals surface area contributed by atoms with Crippen LogP contribution >= 0.6 is 0 Å². The van der Waals surface area contributed by atoms with Crippen molar-refractivity contribution >= 4 is 16.8 Å². The minimum Gasteiger partial charge on any atom is -0.361 e. The molecule has 2 aromatic rings. The van der Waals surface area contributed by atoms with Crippen molar-refractivity contribution in [2.45, 2.75) is 20.4 Å². The van der Waals surface area contributed by atoms with E-state index in [2.05, 4.69) is 16.8 Å². The van der Waals surface area contributed by atoms with Crippen LogP contribution in [0, 0.1) is 11.8 Å². The minimum absolute atomic E-state index is 0.118. The van der Waals surface area contributed by atoms with Crippen LogP contribution in [0.1, 0.15) is 19.4 Å². The van der Waals surface area contributed by atoms with Crippen molar-refractivity contribution < 1.29 is 4.79 Å². The van der Waals surface area contributed by atoms with Crippen LogP contribution in [-0.2, 0) is 11.3 Å². The van der Waals surface area contributed by atoms with Gasteiger partial charge in [-0.2, -0.15) is 0 Å². The fourth-order valence-electron chi connectivity index (χ4n) is 2.01. The summed E-state index contributed by atoms with van der Waals surface area (Å²) in [6, 6.07) is 8.11. The number of H-pyrrole nitrogens is 1. The van der Waals surface area contributed by atoms with Crippen LogP contribution in [0.2, 0.25) is 0 Å². The zero-order chi connectivity index (χ0) is 13.0. The highest BCUT2D eigenvalue weighted by Crippen LogP contribution is 2.18. The molecule has 3 nitrogen and oxygen atoms in total. The highest BCUT2D eigenvalue weighted by Gasteiger charge is 2.11. The van der Waals surface area contributed by atoms with Crippen molar-refractivity contribution in [3.8, 4) is 11.8 Å². The zero-order valence-electron chi connectivity index (χ0n) is 10.7. The molecule has 2 rings (SSSR count). The van der Waals surface area contributed by atoms with Gasteiger partial charge in [0.2, 0.25) is 0 Å². The average molecular weight is 240 g/mol. The van der Waals surface area contributed by atoms with E-state index in [1.54, 1.807) is 11.8 Å². The Morgan fingerprint density at radius 3 is 2.94 bits per heavy atom. The molecular weight excluding hydrogens is 224 g/mol. The fraction of sp³-hybridized carbons (Fsp3) is 0.267. The van der Waals surface area contributed by atoms with Crippen LogP contribution in [0.4, 0.5) is 0 Å². The van der Waals surface area contributed by atoms with E-state index in [0.29, 0.717) is 13.1 Å². The summed E-state index contributed by atoms with van der Waals surface area (Å²) >= 11 is 0. The number of aromatic nitrogens is 1. The van der Waals surface area contributed by atoms with Gasteiger partial charge in [-0.05, 0) is 37.5 Å². The Balaban J connectivity index is 2.28. The maximum absolute atomic E-state index is 11.8. The normalized spacial score (nSPS) is 9.89. The van der Waals surface area contributed by atoms with Gasteiger partial charge >= 0.3 is 0 Å². The molecule has 0 saturated heterocycles. The molecule has 0 spiro atoms. The molecule has 0 bridgehead atoms. The van der Waals surface area contributed by atoms with Gasteiger partial charge in [0, 0.05) is 30.2 Å². The van der Waals surface area contributed by atoms with Crippen molar-refractivity contribution in [2.75, 3.05) is 6.54 Å². The standard InChI is InChI=1S/C15H16N2O/c1-3-6-15(18)17(4-2)11-12-7-5-8-14-13(12)9-10-16-14/h5,7-10,16H,4,11H2,1-2H3. The third kappa shape index (κ3) is 2.38. The van der Waals surface area contributed by atoms with E-state index in [1.165, 1.54) is 0 Å². The molecule has 0 unspecified atom stereocenters. The van der Waals surface area contributed by atoms with Gasteiger partial charge in [0.15, 0.2) is 0 Å². The second-order valence-electron chi connectivity index (χ2n) is 4.05. The molecule has 3 heteroatoms. The summed E-state index contributed by atoms with van der Waals surface area (Å²) in [4.78, 5) is 16.7. The molecule has 1 N–H and O–H groups in total. The summed E-state index contributed by atoms with van der Waals surface area (Å²) in [6.45, 7) is 4.90. The Hall–Kier alpha value is -2.21. The molecule has 1 aromatic heterocycles. The van der Waals surface area contributed by atoms with E-state index >= 15 is 0 Å². The first-order valence-electron chi connectivity index (χ1n) is 6.03. The molecule has 1 amide bonds. The maximum atomic E-state index is 11.8. The molecule has 1 heterocycles. The molecule has 0 atom stereocenters. The monoisotopic (exact) mass is 240 g/mol. The van der Waals surface area contributed by atoms with Crippen molar-refractivity contribution in [3.05, 3.63) is 36.0 Å². The molecular formula is C15H16N2O. The first kappa shape index (κ1) is 12.3. The molecule has 18 heavy (non-hydrogen) atoms. The van der Waals surface area contributed by atoms with E-state index in [9.17, 15) is 4.79 Å². The second-order valence-corrected chi connectivity index (χ2v) is 4.05. The first-order valence-corrected chi connectivity index (χ1v) is 6.03. The van der Waals surface area contributed by atoms with E-state index in [-0.39, 0.29) is 5.91 Å². The fourth-order valence-corrected chi connectivity index (χ4v) is 2.01. The topological polar surface area (TPSA) is 36.1 Å². The summed E-state index contributed by atoms with van der Waals surface area (Å²) < 4.78 is 0. The smallest absolute Gasteiger partial charge is 0.298 e. The van der Waals surface area contributed by atoms with Gasteiger partial charge in [0.05, 0.1) is 0 Å². The van der Waals surface area contributed by atoms with Gasteiger partial charge in [-0.15, -0.1) is 0 Å². The van der Waals surface area contributed by atoms with Gasteiger partial charge in [0.25, 0.3) is 5.91 Å². The third-order valence-corrected chi connectivity index (χ3v) is 2.95. The first-order chi connectivity index (χ1) is 8.76. The summed E-state index contributed by atoms with van der Waals surface area (Å²) in [5, 5.41) is 1.16. The van der Waals surface area contributed by atoms with Crippen LogP contribution in [0.15, 0.2) is 30.5 Å². The maximum Gasteiger partial charge on any atom is 0.298 e. The quantitative estimate of drug-likeness (QED) is 0.822. The van der Waals surface area contributed by atoms with E-state index < -0.39 is 0 Å². The molecule has 0 aliphatic rings. The van der Waals surface area contributed by atoms with Gasteiger partial charge < -0.3 is 9.88 Å². The number of fused-ring (bicyclic) bond motifs is 1. The van der Waals surface area contributed by atoms with Gasteiger partial charge in [-0.3, -0.25) is 4.79 Å². The largest absolute Gasteiger partial charge is 0.361 e. The van der Waals surface area contributed by atoms with Crippen molar-refractivity contribution in [3.63, 3.8) is 0 Å². The van der Waals surface area contributed by atoms with Crippen LogP contribution in [0.3, 0.4) is 0 Å². The summed E-state index contributed by atoms with van der Waals surface area (Å²) in [6.07, 6.45) is 1.91. The van der Waals surface area contributed by atoms with Crippen LogP contribution < -0.4 is 0 Å². The third-order valence-electron chi connectivity index (χ3n) is 2.95. The number of amides is 1. The lowest BCUT2D eigenvalue weighted by atomic mass is 10.1. The molecule has 0 radical (unpaired) electrons. The predicted molar refractivity (Wildman–Crippen MR) is 72.8 cm³/mol. The SMILES string of the molecule is CC#CC(=O)N(CC)Cc1cccc2[nH]ccc12. The van der Waals surface area contributed by atoms with Crippen molar-refractivity contribution in [2.24, 2.45) is 0 Å². The van der Waals surface area contributed by atoms with Gasteiger partial charge in [0.1, 0.15) is 0 Å². The predicted octanol–water partition coefficient (Wildman–Crippen LogP) is 2.54. The Bertz CT molecular complexity index is 616. The van der Waals surface area contributed by atoms with Gasteiger partial charge in [-0.1, -0.05) is 18.1 Å². The number of hydrogen-bond donors (Lipinski definition) is 1. The Morgan fingerprint density at radius 1 is 1.39 bits per heavy atom. The molecule has 92 valence electrons. The second kappa shape index (κ2) is 5.42. The van der Waals surface area contributed by atoms with Crippen molar-refractivity contribution in [1.82, 2.24) is 9.88 Å². The zero-order valence-corrected chi connectivity index (χ0v) is 10.7. The molecule has 0 aliphatic carbocycles. The Labute approximate surface area is 107 Å². The number of aromatic amines is 1. The van der Waals surface area contributed by atoms with Crippen LogP contribution in [0.5, 0.6) is 0 Å². The Morgan fingerprint density at radius 2 is 2.22 bits per heavy atom. The number of hydrogen-bond acceptors (Lipinski definition) is 1. The highest BCUT2D eigenvalue weighted by molar-refractivity contribution is 5.93. The number of rotatable bonds is 3.